The molecule has 0 saturated heterocycles. The van der Waals surface area contributed by atoms with Crippen LogP contribution in [0.2, 0.25) is 0 Å². The van der Waals surface area contributed by atoms with Crippen molar-refractivity contribution in [2.75, 3.05) is 26.7 Å². The molecule has 138 valence electrons. The lowest BCUT2D eigenvalue weighted by Gasteiger charge is -2.14. The van der Waals surface area contributed by atoms with Crippen LogP contribution in [0.5, 0.6) is 5.75 Å². The van der Waals surface area contributed by atoms with Crippen molar-refractivity contribution < 1.29 is 13.9 Å². The molecule has 0 aliphatic carbocycles. The monoisotopic (exact) mass is 356 g/mol. The maximum Gasteiger partial charge on any atom is 0.287 e. The van der Waals surface area contributed by atoms with Gasteiger partial charge in [-0.25, -0.2) is 0 Å². The van der Waals surface area contributed by atoms with Crippen molar-refractivity contribution in [3.8, 4) is 5.75 Å². The molecule has 0 atom stereocenters. The summed E-state index contributed by atoms with van der Waals surface area (Å²) >= 11 is 0. The summed E-state index contributed by atoms with van der Waals surface area (Å²) in [6.45, 7) is 5.65. The van der Waals surface area contributed by atoms with Crippen molar-refractivity contribution in [2.24, 2.45) is 4.99 Å². The highest BCUT2D eigenvalue weighted by atomic mass is 16.5. The van der Waals surface area contributed by atoms with Crippen LogP contribution >= 0.6 is 0 Å². The Morgan fingerprint density at radius 2 is 2.00 bits per heavy atom. The third kappa shape index (κ3) is 6.01. The van der Waals surface area contributed by atoms with Crippen molar-refractivity contribution in [2.45, 2.75) is 6.54 Å². The highest BCUT2D eigenvalue weighted by Gasteiger charge is 2.07. The Kier molecular flexibility index (Phi) is 7.79. The lowest BCUT2D eigenvalue weighted by Crippen LogP contribution is -2.41. The number of rotatable bonds is 9. The largest absolute Gasteiger partial charge is 0.489 e. The molecule has 7 heteroatoms. The number of amides is 1. The molecular weight excluding hydrogens is 332 g/mol. The van der Waals surface area contributed by atoms with Crippen LogP contribution in [0.4, 0.5) is 0 Å². The van der Waals surface area contributed by atoms with Gasteiger partial charge in [-0.3, -0.25) is 9.79 Å². The van der Waals surface area contributed by atoms with E-state index in [1.165, 1.54) is 6.26 Å². The first-order valence-electron chi connectivity index (χ1n) is 8.32. The lowest BCUT2D eigenvalue weighted by molar-refractivity contribution is 0.0926. The topological polar surface area (TPSA) is 87.9 Å². The summed E-state index contributed by atoms with van der Waals surface area (Å²) in [6.07, 6.45) is 3.18. The first kappa shape index (κ1) is 19.1. The van der Waals surface area contributed by atoms with Crippen molar-refractivity contribution in [1.29, 1.82) is 0 Å². The van der Waals surface area contributed by atoms with Gasteiger partial charge >= 0.3 is 0 Å². The van der Waals surface area contributed by atoms with Gasteiger partial charge in [-0.15, -0.1) is 0 Å². The van der Waals surface area contributed by atoms with E-state index >= 15 is 0 Å². The molecule has 1 amide bonds. The quantitative estimate of drug-likeness (QED) is 0.277. The van der Waals surface area contributed by atoms with Crippen LogP contribution in [0, 0.1) is 0 Å². The summed E-state index contributed by atoms with van der Waals surface area (Å²) < 4.78 is 10.7. The van der Waals surface area contributed by atoms with E-state index in [0.29, 0.717) is 38.0 Å². The van der Waals surface area contributed by atoms with Gasteiger partial charge in [0.1, 0.15) is 12.4 Å². The number of ether oxygens (including phenoxy) is 1. The van der Waals surface area contributed by atoms with Gasteiger partial charge in [-0.05, 0) is 18.2 Å². The van der Waals surface area contributed by atoms with Crippen LogP contribution in [-0.2, 0) is 6.54 Å². The minimum Gasteiger partial charge on any atom is -0.489 e. The zero-order valence-corrected chi connectivity index (χ0v) is 14.8. The zero-order valence-electron chi connectivity index (χ0n) is 14.8. The van der Waals surface area contributed by atoms with Crippen molar-refractivity contribution in [3.63, 3.8) is 0 Å². The first-order chi connectivity index (χ1) is 12.7. The first-order valence-corrected chi connectivity index (χ1v) is 8.32. The van der Waals surface area contributed by atoms with Crippen molar-refractivity contribution in [3.05, 3.63) is 66.6 Å². The molecule has 0 aliphatic heterocycles. The molecule has 26 heavy (non-hydrogen) atoms. The van der Waals surface area contributed by atoms with Crippen molar-refractivity contribution >= 4 is 11.9 Å². The summed E-state index contributed by atoms with van der Waals surface area (Å²) in [6, 6.07) is 11.1. The number of hydrogen-bond donors (Lipinski definition) is 3. The number of para-hydroxylation sites is 1. The predicted octanol–water partition coefficient (Wildman–Crippen LogP) is 1.94. The molecule has 0 aliphatic rings. The fourth-order valence-electron chi connectivity index (χ4n) is 2.19. The number of nitrogens with one attached hydrogen (secondary N) is 3. The Hall–Kier alpha value is -3.22. The van der Waals surface area contributed by atoms with Gasteiger partial charge in [0.05, 0.1) is 6.26 Å². The average molecular weight is 356 g/mol. The molecule has 1 heterocycles. The Morgan fingerprint density at radius 1 is 1.19 bits per heavy atom. The van der Waals surface area contributed by atoms with Crippen LogP contribution in [0.1, 0.15) is 16.1 Å². The lowest BCUT2D eigenvalue weighted by atomic mass is 10.2. The molecule has 7 nitrogen and oxygen atoms in total. The summed E-state index contributed by atoms with van der Waals surface area (Å²) in [5.41, 5.74) is 1.02. The molecule has 0 bridgehead atoms. The number of carbonyl (C=O) groups is 1. The smallest absolute Gasteiger partial charge is 0.287 e. The molecular formula is C19H24N4O3. The minimum absolute atomic E-state index is 0.243. The Balaban J connectivity index is 1.74. The van der Waals surface area contributed by atoms with E-state index in [1.54, 1.807) is 25.3 Å². The Labute approximate surface area is 153 Å². The molecule has 2 aromatic rings. The van der Waals surface area contributed by atoms with E-state index in [-0.39, 0.29) is 5.91 Å². The van der Waals surface area contributed by atoms with Crippen LogP contribution in [0.25, 0.3) is 0 Å². The van der Waals surface area contributed by atoms with Crippen LogP contribution in [-0.4, -0.2) is 38.6 Å². The number of carbonyl (C=O) groups excluding carboxylic acids is 1. The second kappa shape index (κ2) is 10.6. The maximum atomic E-state index is 11.8. The Morgan fingerprint density at radius 3 is 2.73 bits per heavy atom. The number of nitrogens with zero attached hydrogens (tertiary/aromatic N) is 1. The molecule has 0 saturated carbocycles. The van der Waals surface area contributed by atoms with Gasteiger partial charge in [0.2, 0.25) is 0 Å². The van der Waals surface area contributed by atoms with E-state index in [2.05, 4.69) is 27.5 Å². The fraction of sp³-hybridized carbons (Fsp3) is 0.263. The third-order valence-electron chi connectivity index (χ3n) is 3.45. The molecule has 2 rings (SSSR count). The second-order valence-corrected chi connectivity index (χ2v) is 5.29. The molecule has 0 radical (unpaired) electrons. The predicted molar refractivity (Wildman–Crippen MR) is 101 cm³/mol. The summed E-state index contributed by atoms with van der Waals surface area (Å²) in [5.74, 6) is 1.49. The molecule has 3 N–H and O–H groups in total. The summed E-state index contributed by atoms with van der Waals surface area (Å²) in [5, 5.41) is 9.12. The highest BCUT2D eigenvalue weighted by molar-refractivity contribution is 5.91. The van der Waals surface area contributed by atoms with Gasteiger partial charge < -0.3 is 25.1 Å². The standard InChI is InChI=1S/C19H24N4O3/c1-3-12-25-16-8-5-4-7-15(16)14-23-19(20-2)22-11-10-21-18(24)17-9-6-13-26-17/h3-9,13H,1,10-12,14H2,2H3,(H,21,24)(H2,20,22,23). The molecule has 1 aromatic heterocycles. The van der Waals surface area contributed by atoms with Crippen LogP contribution in [0.15, 0.2) is 64.7 Å². The third-order valence-corrected chi connectivity index (χ3v) is 3.45. The van der Waals surface area contributed by atoms with Gasteiger partial charge in [-0.2, -0.15) is 0 Å². The average Bonchev–Trinajstić information content (AvgIpc) is 3.21. The van der Waals surface area contributed by atoms with E-state index in [1.807, 2.05) is 24.3 Å². The van der Waals surface area contributed by atoms with Gasteiger partial charge in [0, 0.05) is 32.2 Å². The van der Waals surface area contributed by atoms with Crippen molar-refractivity contribution in [1.82, 2.24) is 16.0 Å². The number of furan rings is 1. The van der Waals surface area contributed by atoms with Gasteiger partial charge in [0.25, 0.3) is 5.91 Å². The number of benzene rings is 1. The normalized spacial score (nSPS) is 10.9. The van der Waals surface area contributed by atoms with E-state index in [4.69, 9.17) is 9.15 Å². The highest BCUT2D eigenvalue weighted by Crippen LogP contribution is 2.17. The fourth-order valence-corrected chi connectivity index (χ4v) is 2.19. The summed E-state index contributed by atoms with van der Waals surface area (Å²) in [4.78, 5) is 15.9. The zero-order chi connectivity index (χ0) is 18.6. The minimum atomic E-state index is -0.243. The van der Waals surface area contributed by atoms with E-state index < -0.39 is 0 Å². The molecule has 0 unspecified atom stereocenters. The maximum absolute atomic E-state index is 11.8. The van der Waals surface area contributed by atoms with E-state index in [0.717, 1.165) is 11.3 Å². The van der Waals surface area contributed by atoms with E-state index in [9.17, 15) is 4.79 Å². The SMILES string of the molecule is C=CCOc1ccccc1CNC(=NC)NCCNC(=O)c1ccco1. The second-order valence-electron chi connectivity index (χ2n) is 5.29. The Bertz CT molecular complexity index is 726. The molecule has 1 aromatic carbocycles. The van der Waals surface area contributed by atoms with Crippen LogP contribution < -0.4 is 20.7 Å². The number of guanidine groups is 1. The molecule has 0 fully saturated rings. The van der Waals surface area contributed by atoms with Gasteiger partial charge in [0.15, 0.2) is 11.7 Å². The molecule has 0 spiro atoms. The van der Waals surface area contributed by atoms with Gasteiger partial charge in [-0.1, -0.05) is 30.9 Å². The van der Waals surface area contributed by atoms with Crippen LogP contribution in [0.3, 0.4) is 0 Å². The number of hydrogen-bond acceptors (Lipinski definition) is 4. The number of aliphatic imine (C=N–C) groups is 1. The summed E-state index contributed by atoms with van der Waals surface area (Å²) in [7, 11) is 1.69.